The van der Waals surface area contributed by atoms with Crippen LogP contribution in [0.5, 0.6) is 0 Å². The van der Waals surface area contributed by atoms with Crippen LogP contribution in [0.2, 0.25) is 0 Å². The second-order valence-electron chi connectivity index (χ2n) is 6.72. The molecule has 1 atom stereocenters. The number of amides is 3. The van der Waals surface area contributed by atoms with Gasteiger partial charge in [0.25, 0.3) is 5.91 Å². The first-order valence-corrected chi connectivity index (χ1v) is 8.52. The molecular weight excluding hydrogens is 290 g/mol. The number of hydrogen-bond acceptors (Lipinski definition) is 2. The summed E-state index contributed by atoms with van der Waals surface area (Å²) in [6, 6.07) is 5.54. The molecular formula is C18H25N3O2. The number of nitrogens with one attached hydrogen (secondary N) is 2. The number of carbonyl (C=O) groups excluding carboxylic acids is 2. The van der Waals surface area contributed by atoms with E-state index < -0.39 is 0 Å². The maximum atomic E-state index is 12.8. The lowest BCUT2D eigenvalue weighted by Gasteiger charge is -2.20. The first-order valence-electron chi connectivity index (χ1n) is 8.52. The number of carbonyl (C=O) groups is 2. The van der Waals surface area contributed by atoms with Crippen LogP contribution in [0.3, 0.4) is 0 Å². The molecule has 2 fully saturated rings. The van der Waals surface area contributed by atoms with Gasteiger partial charge in [-0.3, -0.25) is 4.79 Å². The van der Waals surface area contributed by atoms with Crippen molar-refractivity contribution >= 4 is 17.6 Å². The fourth-order valence-electron chi connectivity index (χ4n) is 3.21. The van der Waals surface area contributed by atoms with Gasteiger partial charge in [-0.1, -0.05) is 12.1 Å². The van der Waals surface area contributed by atoms with E-state index in [-0.39, 0.29) is 18.0 Å². The largest absolute Gasteiger partial charge is 0.339 e. The highest BCUT2D eigenvalue weighted by atomic mass is 16.2. The smallest absolute Gasteiger partial charge is 0.319 e. The summed E-state index contributed by atoms with van der Waals surface area (Å²) in [5, 5.41) is 5.84. The summed E-state index contributed by atoms with van der Waals surface area (Å²) in [7, 11) is 0. The van der Waals surface area contributed by atoms with E-state index in [2.05, 4.69) is 10.6 Å². The summed E-state index contributed by atoms with van der Waals surface area (Å²) in [6.45, 7) is 5.55. The predicted octanol–water partition coefficient (Wildman–Crippen LogP) is 3.15. The molecule has 1 aliphatic heterocycles. The number of rotatable bonds is 4. The van der Waals surface area contributed by atoms with E-state index in [9.17, 15) is 9.59 Å². The standard InChI is InChI=1S/C18H25N3O2/c1-12-6-5-7-15(16(12)17(22)21-10-3-4-11-21)20-18(23)19-13(2)14-8-9-14/h5-7,13-14H,3-4,8-11H2,1-2H3,(H2,19,20,23). The molecule has 124 valence electrons. The summed E-state index contributed by atoms with van der Waals surface area (Å²) in [4.78, 5) is 26.9. The number of likely N-dealkylation sites (tertiary alicyclic amines) is 1. The van der Waals surface area contributed by atoms with Gasteiger partial charge in [0, 0.05) is 19.1 Å². The Balaban J connectivity index is 1.74. The van der Waals surface area contributed by atoms with Crippen LogP contribution in [0, 0.1) is 12.8 Å². The van der Waals surface area contributed by atoms with Crippen LogP contribution >= 0.6 is 0 Å². The number of benzene rings is 1. The minimum absolute atomic E-state index is 0.0196. The molecule has 2 aliphatic rings. The Morgan fingerprint density at radius 3 is 2.57 bits per heavy atom. The number of aryl methyl sites for hydroxylation is 1. The van der Waals surface area contributed by atoms with Gasteiger partial charge in [0.2, 0.25) is 0 Å². The maximum Gasteiger partial charge on any atom is 0.319 e. The van der Waals surface area contributed by atoms with Crippen molar-refractivity contribution in [1.82, 2.24) is 10.2 Å². The van der Waals surface area contributed by atoms with Gasteiger partial charge in [-0.05, 0) is 57.1 Å². The molecule has 1 saturated carbocycles. The van der Waals surface area contributed by atoms with Crippen LogP contribution in [-0.4, -0.2) is 36.0 Å². The molecule has 5 nitrogen and oxygen atoms in total. The molecule has 0 aromatic heterocycles. The van der Waals surface area contributed by atoms with Crippen LogP contribution in [-0.2, 0) is 0 Å². The summed E-state index contributed by atoms with van der Waals surface area (Å²) in [6.07, 6.45) is 4.48. The van der Waals surface area contributed by atoms with Crippen LogP contribution in [0.1, 0.15) is 48.5 Å². The summed E-state index contributed by atoms with van der Waals surface area (Å²) < 4.78 is 0. The first kappa shape index (κ1) is 15.8. The Labute approximate surface area is 137 Å². The minimum atomic E-state index is -0.231. The molecule has 0 radical (unpaired) electrons. The lowest BCUT2D eigenvalue weighted by atomic mass is 10.1. The Kier molecular flexibility index (Phi) is 4.55. The molecule has 1 aromatic rings. The molecule has 5 heteroatoms. The van der Waals surface area contributed by atoms with Crippen molar-refractivity contribution in [2.45, 2.75) is 45.6 Å². The van der Waals surface area contributed by atoms with Crippen molar-refractivity contribution in [3.8, 4) is 0 Å². The van der Waals surface area contributed by atoms with Gasteiger partial charge < -0.3 is 15.5 Å². The molecule has 2 N–H and O–H groups in total. The van der Waals surface area contributed by atoms with Crippen molar-refractivity contribution in [3.05, 3.63) is 29.3 Å². The van der Waals surface area contributed by atoms with Crippen molar-refractivity contribution in [1.29, 1.82) is 0 Å². The average Bonchev–Trinajstić information content (AvgIpc) is 3.22. The third kappa shape index (κ3) is 3.66. The second-order valence-corrected chi connectivity index (χ2v) is 6.72. The fourth-order valence-corrected chi connectivity index (χ4v) is 3.21. The SMILES string of the molecule is Cc1cccc(NC(=O)NC(C)C2CC2)c1C(=O)N1CCCC1. The Morgan fingerprint density at radius 1 is 1.22 bits per heavy atom. The number of urea groups is 1. The highest BCUT2D eigenvalue weighted by Gasteiger charge is 2.29. The molecule has 1 unspecified atom stereocenters. The summed E-state index contributed by atoms with van der Waals surface area (Å²) in [5.41, 5.74) is 2.11. The molecule has 3 rings (SSSR count). The first-order chi connectivity index (χ1) is 11.1. The van der Waals surface area contributed by atoms with E-state index in [0.717, 1.165) is 31.5 Å². The van der Waals surface area contributed by atoms with Crippen molar-refractivity contribution in [2.75, 3.05) is 18.4 Å². The Morgan fingerprint density at radius 2 is 1.91 bits per heavy atom. The zero-order valence-corrected chi connectivity index (χ0v) is 13.9. The molecule has 1 heterocycles. The van der Waals surface area contributed by atoms with E-state index in [4.69, 9.17) is 0 Å². The minimum Gasteiger partial charge on any atom is -0.339 e. The Bertz CT molecular complexity index is 604. The van der Waals surface area contributed by atoms with E-state index >= 15 is 0 Å². The number of anilines is 1. The molecule has 23 heavy (non-hydrogen) atoms. The maximum absolute atomic E-state index is 12.8. The lowest BCUT2D eigenvalue weighted by Crippen LogP contribution is -2.38. The number of hydrogen-bond donors (Lipinski definition) is 2. The quantitative estimate of drug-likeness (QED) is 0.896. The lowest BCUT2D eigenvalue weighted by molar-refractivity contribution is 0.0793. The van der Waals surface area contributed by atoms with E-state index in [1.807, 2.05) is 30.9 Å². The molecule has 1 aliphatic carbocycles. The number of nitrogens with zero attached hydrogens (tertiary/aromatic N) is 1. The van der Waals surface area contributed by atoms with E-state index in [1.54, 1.807) is 6.07 Å². The van der Waals surface area contributed by atoms with Gasteiger partial charge in [0.15, 0.2) is 0 Å². The normalized spacial score (nSPS) is 18.6. The highest BCUT2D eigenvalue weighted by Crippen LogP contribution is 2.32. The molecule has 1 saturated heterocycles. The predicted molar refractivity (Wildman–Crippen MR) is 90.7 cm³/mol. The zero-order valence-electron chi connectivity index (χ0n) is 13.9. The van der Waals surface area contributed by atoms with Crippen molar-refractivity contribution in [3.63, 3.8) is 0 Å². The molecule has 0 bridgehead atoms. The van der Waals surface area contributed by atoms with Gasteiger partial charge in [-0.15, -0.1) is 0 Å². The van der Waals surface area contributed by atoms with Gasteiger partial charge in [-0.25, -0.2) is 4.79 Å². The molecule has 0 spiro atoms. The third-order valence-corrected chi connectivity index (χ3v) is 4.82. The van der Waals surface area contributed by atoms with E-state index in [1.165, 1.54) is 12.8 Å². The van der Waals surface area contributed by atoms with Crippen LogP contribution in [0.25, 0.3) is 0 Å². The second kappa shape index (κ2) is 6.60. The Hall–Kier alpha value is -2.04. The van der Waals surface area contributed by atoms with Crippen molar-refractivity contribution in [2.24, 2.45) is 5.92 Å². The van der Waals surface area contributed by atoms with Crippen LogP contribution in [0.15, 0.2) is 18.2 Å². The summed E-state index contributed by atoms with van der Waals surface area (Å²) in [5.74, 6) is 0.620. The van der Waals surface area contributed by atoms with Crippen molar-refractivity contribution < 1.29 is 9.59 Å². The summed E-state index contributed by atoms with van der Waals surface area (Å²) >= 11 is 0. The van der Waals surface area contributed by atoms with E-state index in [0.29, 0.717) is 17.2 Å². The van der Waals surface area contributed by atoms with Gasteiger partial charge in [0.1, 0.15) is 0 Å². The zero-order chi connectivity index (χ0) is 16.4. The molecule has 1 aromatic carbocycles. The van der Waals surface area contributed by atoms with Gasteiger partial charge >= 0.3 is 6.03 Å². The van der Waals surface area contributed by atoms with Crippen LogP contribution < -0.4 is 10.6 Å². The molecule has 3 amide bonds. The third-order valence-electron chi connectivity index (χ3n) is 4.82. The average molecular weight is 315 g/mol. The monoisotopic (exact) mass is 315 g/mol. The van der Waals surface area contributed by atoms with Gasteiger partial charge in [0.05, 0.1) is 11.3 Å². The fraction of sp³-hybridized carbons (Fsp3) is 0.556. The highest BCUT2D eigenvalue weighted by molar-refractivity contribution is 6.04. The van der Waals surface area contributed by atoms with Gasteiger partial charge in [-0.2, -0.15) is 0 Å². The topological polar surface area (TPSA) is 61.4 Å². The van der Waals surface area contributed by atoms with Crippen LogP contribution in [0.4, 0.5) is 10.5 Å².